The van der Waals surface area contributed by atoms with Gasteiger partial charge in [0.1, 0.15) is 42.0 Å². The van der Waals surface area contributed by atoms with Crippen molar-refractivity contribution < 1.29 is 25.2 Å². The number of ether oxygens (including phenoxy) is 1. The normalized spacial score (nSPS) is 29.2. The topological polar surface area (TPSA) is 121 Å². The van der Waals surface area contributed by atoms with Crippen molar-refractivity contribution in [2.45, 2.75) is 37.4 Å². The number of aliphatic hydroxyl groups excluding tert-OH is 4. The molecule has 0 radical (unpaired) electrons. The van der Waals surface area contributed by atoms with E-state index in [9.17, 15) is 20.4 Å². The molecule has 26 heavy (non-hydrogen) atoms. The van der Waals surface area contributed by atoms with Gasteiger partial charge in [-0.25, -0.2) is 9.67 Å². The van der Waals surface area contributed by atoms with Crippen LogP contribution in [0.3, 0.4) is 0 Å². The van der Waals surface area contributed by atoms with Crippen LogP contribution in [0.2, 0.25) is 15.1 Å². The molecule has 0 bridgehead atoms. The maximum absolute atomic E-state index is 10.4. The van der Waals surface area contributed by atoms with Crippen LogP contribution in [0.15, 0.2) is 12.1 Å². The van der Waals surface area contributed by atoms with E-state index in [4.69, 9.17) is 39.5 Å². The molecule has 1 saturated heterocycles. The third-order valence-corrected chi connectivity index (χ3v) is 4.87. The van der Waals surface area contributed by atoms with Crippen molar-refractivity contribution in [3.05, 3.63) is 38.8 Å². The fraction of sp³-hybridized carbons (Fsp3) is 0.467. The molecule has 0 unspecified atom stereocenters. The van der Waals surface area contributed by atoms with Crippen LogP contribution in [-0.2, 0) is 4.74 Å². The second-order valence-corrected chi connectivity index (χ2v) is 7.15. The van der Waals surface area contributed by atoms with Crippen LogP contribution in [0.4, 0.5) is 0 Å². The Morgan fingerprint density at radius 1 is 1.08 bits per heavy atom. The molecule has 3 rings (SSSR count). The monoisotopic (exact) mass is 423 g/mol. The number of aromatic nitrogens is 3. The van der Waals surface area contributed by atoms with Crippen molar-refractivity contribution in [3.8, 4) is 5.69 Å². The summed E-state index contributed by atoms with van der Waals surface area (Å²) in [6.07, 6.45) is -6.81. The van der Waals surface area contributed by atoms with Gasteiger partial charge in [0, 0.05) is 5.02 Å². The molecule has 1 aromatic heterocycles. The van der Waals surface area contributed by atoms with Crippen LogP contribution in [0.1, 0.15) is 17.8 Å². The van der Waals surface area contributed by atoms with Crippen LogP contribution in [-0.4, -0.2) is 66.2 Å². The minimum atomic E-state index is -1.55. The standard InChI is InChI=1S/C15H16Cl3N3O5/c1-5-19-15(14-13(25)12(24)11(23)9(4-22)26-14)21(20-5)10-7(17)2-6(16)3-8(10)18/h2-3,9,11-14,22-25H,4H2,1H3/t9-,11+,12+,13-,14-/m1/s1. The van der Waals surface area contributed by atoms with E-state index in [0.29, 0.717) is 10.8 Å². The predicted octanol–water partition coefficient (Wildman–Crippen LogP) is 1.05. The first kappa shape index (κ1) is 19.8. The van der Waals surface area contributed by atoms with E-state index >= 15 is 0 Å². The van der Waals surface area contributed by atoms with E-state index in [-0.39, 0.29) is 21.6 Å². The molecule has 142 valence electrons. The average Bonchev–Trinajstić information content (AvgIpc) is 2.93. The summed E-state index contributed by atoms with van der Waals surface area (Å²) in [6, 6.07) is 2.94. The molecule has 1 aliphatic rings. The summed E-state index contributed by atoms with van der Waals surface area (Å²) in [5, 5.41) is 44.6. The maximum atomic E-state index is 10.4. The lowest BCUT2D eigenvalue weighted by atomic mass is 9.94. The van der Waals surface area contributed by atoms with E-state index in [2.05, 4.69) is 10.1 Å². The quantitative estimate of drug-likeness (QED) is 0.581. The molecule has 5 atom stereocenters. The minimum Gasteiger partial charge on any atom is -0.394 e. The van der Waals surface area contributed by atoms with Gasteiger partial charge in [-0.05, 0) is 19.1 Å². The van der Waals surface area contributed by atoms with Crippen molar-refractivity contribution in [2.24, 2.45) is 0 Å². The van der Waals surface area contributed by atoms with Gasteiger partial charge in [-0.15, -0.1) is 0 Å². The van der Waals surface area contributed by atoms with E-state index in [1.165, 1.54) is 16.8 Å². The Balaban J connectivity index is 2.11. The molecular formula is C15H16Cl3N3O5. The molecule has 8 nitrogen and oxygen atoms in total. The van der Waals surface area contributed by atoms with Gasteiger partial charge >= 0.3 is 0 Å². The van der Waals surface area contributed by atoms with Crippen molar-refractivity contribution in [1.82, 2.24) is 14.8 Å². The molecule has 11 heteroatoms. The summed E-state index contributed by atoms with van der Waals surface area (Å²) in [7, 11) is 0. The SMILES string of the molecule is Cc1nc([C@@H]2O[C@H](CO)[C@H](O)[C@H](O)[C@H]2O)n(-c2c(Cl)cc(Cl)cc2Cl)n1. The second-order valence-electron chi connectivity index (χ2n) is 5.90. The lowest BCUT2D eigenvalue weighted by Gasteiger charge is -2.39. The van der Waals surface area contributed by atoms with Gasteiger partial charge in [-0.3, -0.25) is 0 Å². The van der Waals surface area contributed by atoms with Crippen LogP contribution in [0.25, 0.3) is 5.69 Å². The van der Waals surface area contributed by atoms with Gasteiger partial charge in [0.25, 0.3) is 0 Å². The summed E-state index contributed by atoms with van der Waals surface area (Å²) in [5.74, 6) is 0.435. The highest BCUT2D eigenvalue weighted by Crippen LogP contribution is 2.37. The number of aliphatic hydroxyl groups is 4. The van der Waals surface area contributed by atoms with Gasteiger partial charge < -0.3 is 25.2 Å². The van der Waals surface area contributed by atoms with Crippen molar-refractivity contribution in [3.63, 3.8) is 0 Å². The Morgan fingerprint density at radius 2 is 1.69 bits per heavy atom. The van der Waals surface area contributed by atoms with Crippen molar-refractivity contribution in [2.75, 3.05) is 6.61 Å². The fourth-order valence-corrected chi connectivity index (χ4v) is 3.81. The van der Waals surface area contributed by atoms with Crippen molar-refractivity contribution in [1.29, 1.82) is 0 Å². The second kappa shape index (κ2) is 7.57. The zero-order valence-corrected chi connectivity index (χ0v) is 15.7. The highest BCUT2D eigenvalue weighted by atomic mass is 35.5. The molecule has 0 amide bonds. The summed E-state index contributed by atoms with van der Waals surface area (Å²) in [4.78, 5) is 4.24. The number of aryl methyl sites for hydroxylation is 1. The Kier molecular flexibility index (Phi) is 5.76. The van der Waals surface area contributed by atoms with E-state index < -0.39 is 37.1 Å². The smallest absolute Gasteiger partial charge is 0.164 e. The third-order valence-electron chi connectivity index (χ3n) is 4.08. The summed E-state index contributed by atoms with van der Waals surface area (Å²) >= 11 is 18.4. The number of hydrogen-bond donors (Lipinski definition) is 4. The number of benzene rings is 1. The van der Waals surface area contributed by atoms with Crippen LogP contribution >= 0.6 is 34.8 Å². The molecule has 0 saturated carbocycles. The molecule has 0 spiro atoms. The van der Waals surface area contributed by atoms with E-state index in [1.54, 1.807) is 6.92 Å². The van der Waals surface area contributed by atoms with Gasteiger partial charge in [-0.2, -0.15) is 5.10 Å². The number of hydrogen-bond acceptors (Lipinski definition) is 7. The first-order valence-corrected chi connectivity index (χ1v) is 8.77. The van der Waals surface area contributed by atoms with Crippen LogP contribution < -0.4 is 0 Å². The average molecular weight is 425 g/mol. The molecule has 2 heterocycles. The molecule has 0 aliphatic carbocycles. The summed E-state index contributed by atoms with van der Waals surface area (Å²) in [6.45, 7) is 1.05. The molecular weight excluding hydrogens is 409 g/mol. The third kappa shape index (κ3) is 3.44. The van der Waals surface area contributed by atoms with E-state index in [0.717, 1.165) is 0 Å². The Bertz CT molecular complexity index is 793. The first-order valence-electron chi connectivity index (χ1n) is 7.63. The number of rotatable bonds is 3. The Morgan fingerprint density at radius 3 is 2.27 bits per heavy atom. The molecule has 1 aromatic carbocycles. The number of halogens is 3. The van der Waals surface area contributed by atoms with Crippen LogP contribution in [0, 0.1) is 6.92 Å². The number of nitrogens with zero attached hydrogens (tertiary/aromatic N) is 3. The molecule has 2 aromatic rings. The molecule has 4 N–H and O–H groups in total. The summed E-state index contributed by atoms with van der Waals surface area (Å²) < 4.78 is 6.83. The van der Waals surface area contributed by atoms with Gasteiger partial charge in [0.05, 0.1) is 16.7 Å². The molecule has 1 fully saturated rings. The largest absolute Gasteiger partial charge is 0.394 e. The lowest BCUT2D eigenvalue weighted by molar-refractivity contribution is -0.234. The zero-order valence-electron chi connectivity index (χ0n) is 13.4. The highest BCUT2D eigenvalue weighted by Gasteiger charge is 2.46. The Labute approximate surface area is 163 Å². The van der Waals surface area contributed by atoms with Crippen LogP contribution in [0.5, 0.6) is 0 Å². The highest BCUT2D eigenvalue weighted by molar-refractivity contribution is 6.40. The van der Waals surface area contributed by atoms with Gasteiger partial charge in [0.15, 0.2) is 5.82 Å². The van der Waals surface area contributed by atoms with Gasteiger partial charge in [0.2, 0.25) is 0 Å². The maximum Gasteiger partial charge on any atom is 0.164 e. The van der Waals surface area contributed by atoms with Crippen molar-refractivity contribution >= 4 is 34.8 Å². The first-order chi connectivity index (χ1) is 12.2. The lowest BCUT2D eigenvalue weighted by Crippen LogP contribution is -2.55. The summed E-state index contributed by atoms with van der Waals surface area (Å²) in [5.41, 5.74) is 0.269. The van der Waals surface area contributed by atoms with Gasteiger partial charge in [-0.1, -0.05) is 34.8 Å². The van der Waals surface area contributed by atoms with E-state index in [1.807, 2.05) is 0 Å². The molecule has 1 aliphatic heterocycles. The zero-order chi connectivity index (χ0) is 19.2. The fourth-order valence-electron chi connectivity index (χ4n) is 2.83. The Hall–Kier alpha value is -0.970. The minimum absolute atomic E-state index is 0.102. The predicted molar refractivity (Wildman–Crippen MR) is 93.8 cm³/mol.